The molecule has 0 aliphatic carbocycles. The van der Waals surface area contributed by atoms with Crippen LogP contribution >= 0.6 is 0 Å². The molecular weight excluding hydrogens is 264 g/mol. The molecule has 0 amide bonds. The summed E-state index contributed by atoms with van der Waals surface area (Å²) < 4.78 is 5.00. The zero-order valence-corrected chi connectivity index (χ0v) is 11.4. The minimum Gasteiger partial charge on any atom is -0.504 e. The maximum Gasteiger partial charge on any atom is 0.160 e. The van der Waals surface area contributed by atoms with Crippen molar-refractivity contribution in [3.8, 4) is 23.6 Å². The van der Waals surface area contributed by atoms with Crippen LogP contribution in [0.15, 0.2) is 54.1 Å². The second-order valence-corrected chi connectivity index (χ2v) is 4.23. The van der Waals surface area contributed by atoms with Crippen LogP contribution in [0.3, 0.4) is 0 Å². The first kappa shape index (κ1) is 14.2. The summed E-state index contributed by atoms with van der Waals surface area (Å²) >= 11 is 0. The number of nitriles is 2. The van der Waals surface area contributed by atoms with Crippen molar-refractivity contribution in [3.63, 3.8) is 0 Å². The molecule has 1 N–H and O–H groups in total. The normalized spacial score (nSPS) is 9.29. The Kier molecular flexibility index (Phi) is 4.23. The summed E-state index contributed by atoms with van der Waals surface area (Å²) in [6.45, 7) is 0. The third kappa shape index (κ3) is 2.86. The fraction of sp³-hybridized carbons (Fsp3) is 0.0588. The maximum atomic E-state index is 9.90. The lowest BCUT2D eigenvalue weighted by Crippen LogP contribution is -1.93. The molecule has 0 aliphatic rings. The number of hydrogen-bond donors (Lipinski definition) is 1. The zero-order chi connectivity index (χ0) is 15.2. The van der Waals surface area contributed by atoms with Crippen LogP contribution in [0.2, 0.25) is 0 Å². The summed E-state index contributed by atoms with van der Waals surface area (Å²) in [6, 6.07) is 17.7. The molecule has 21 heavy (non-hydrogen) atoms. The summed E-state index contributed by atoms with van der Waals surface area (Å²) in [4.78, 5) is 0. The molecule has 0 radical (unpaired) electrons. The largest absolute Gasteiger partial charge is 0.504 e. The Balaban J connectivity index is 2.69. The monoisotopic (exact) mass is 276 g/mol. The molecule has 0 spiro atoms. The average molecular weight is 276 g/mol. The number of nitrogens with zero attached hydrogens (tertiary/aromatic N) is 2. The van der Waals surface area contributed by atoms with E-state index in [0.717, 1.165) is 5.56 Å². The summed E-state index contributed by atoms with van der Waals surface area (Å²) in [5, 5.41) is 28.2. The van der Waals surface area contributed by atoms with Crippen LogP contribution in [-0.2, 0) is 0 Å². The SMILES string of the molecule is COc1ccc(C(=C(C#N)C#N)c2ccccc2)cc1O. The minimum absolute atomic E-state index is 0.00855. The van der Waals surface area contributed by atoms with Crippen molar-refractivity contribution in [2.24, 2.45) is 0 Å². The topological polar surface area (TPSA) is 77.0 Å². The van der Waals surface area contributed by atoms with Crippen molar-refractivity contribution in [2.45, 2.75) is 0 Å². The van der Waals surface area contributed by atoms with Gasteiger partial charge in [0, 0.05) is 5.57 Å². The fourth-order valence-corrected chi connectivity index (χ4v) is 2.04. The second-order valence-electron chi connectivity index (χ2n) is 4.23. The first-order valence-electron chi connectivity index (χ1n) is 6.18. The first-order chi connectivity index (χ1) is 10.2. The van der Waals surface area contributed by atoms with Crippen molar-refractivity contribution >= 4 is 5.57 Å². The quantitative estimate of drug-likeness (QED) is 0.873. The zero-order valence-electron chi connectivity index (χ0n) is 11.4. The Morgan fingerprint density at radius 2 is 1.67 bits per heavy atom. The van der Waals surface area contributed by atoms with Gasteiger partial charge in [0.25, 0.3) is 0 Å². The van der Waals surface area contributed by atoms with Crippen molar-refractivity contribution < 1.29 is 9.84 Å². The van der Waals surface area contributed by atoms with Gasteiger partial charge in [-0.2, -0.15) is 10.5 Å². The Morgan fingerprint density at radius 3 is 2.19 bits per heavy atom. The van der Waals surface area contributed by atoms with E-state index in [1.54, 1.807) is 12.1 Å². The van der Waals surface area contributed by atoms with E-state index < -0.39 is 0 Å². The average Bonchev–Trinajstić information content (AvgIpc) is 2.53. The van der Waals surface area contributed by atoms with Crippen LogP contribution < -0.4 is 4.74 Å². The van der Waals surface area contributed by atoms with Crippen LogP contribution in [0, 0.1) is 22.7 Å². The Bertz CT molecular complexity index is 750. The molecule has 0 unspecified atom stereocenters. The molecule has 0 atom stereocenters. The number of methoxy groups -OCH3 is 1. The van der Waals surface area contributed by atoms with E-state index in [9.17, 15) is 15.6 Å². The highest BCUT2D eigenvalue weighted by Crippen LogP contribution is 2.33. The Hall–Kier alpha value is -3.24. The number of phenols is 1. The van der Waals surface area contributed by atoms with E-state index in [1.807, 2.05) is 42.5 Å². The van der Waals surface area contributed by atoms with Gasteiger partial charge in [-0.1, -0.05) is 36.4 Å². The number of allylic oxidation sites excluding steroid dienone is 1. The molecule has 0 aromatic heterocycles. The molecular formula is C17H12N2O2. The number of rotatable bonds is 3. The van der Waals surface area contributed by atoms with Crippen molar-refractivity contribution in [3.05, 3.63) is 65.2 Å². The number of benzene rings is 2. The third-order valence-electron chi connectivity index (χ3n) is 3.00. The molecule has 2 aromatic rings. The highest BCUT2D eigenvalue weighted by Gasteiger charge is 2.13. The Labute approximate surface area is 122 Å². The molecule has 0 saturated carbocycles. The van der Waals surface area contributed by atoms with Crippen LogP contribution in [-0.4, -0.2) is 12.2 Å². The van der Waals surface area contributed by atoms with Gasteiger partial charge in [0.15, 0.2) is 11.5 Å². The van der Waals surface area contributed by atoms with E-state index >= 15 is 0 Å². The molecule has 0 heterocycles. The maximum absolute atomic E-state index is 9.90. The van der Waals surface area contributed by atoms with E-state index in [2.05, 4.69) is 0 Å². The lowest BCUT2D eigenvalue weighted by atomic mass is 9.93. The Morgan fingerprint density at radius 1 is 1.00 bits per heavy atom. The lowest BCUT2D eigenvalue weighted by molar-refractivity contribution is 0.373. The van der Waals surface area contributed by atoms with Crippen LogP contribution in [0.4, 0.5) is 0 Å². The van der Waals surface area contributed by atoms with Crippen molar-refractivity contribution in [2.75, 3.05) is 7.11 Å². The van der Waals surface area contributed by atoms with Gasteiger partial charge in [0.05, 0.1) is 7.11 Å². The van der Waals surface area contributed by atoms with Crippen molar-refractivity contribution in [1.82, 2.24) is 0 Å². The summed E-state index contributed by atoms with van der Waals surface area (Å²) in [7, 11) is 1.46. The number of hydrogen-bond acceptors (Lipinski definition) is 4. The van der Waals surface area contributed by atoms with E-state index in [0.29, 0.717) is 16.9 Å². The number of phenolic OH excluding ortho intramolecular Hbond substituents is 1. The molecule has 4 nitrogen and oxygen atoms in total. The molecule has 0 saturated heterocycles. The fourth-order valence-electron chi connectivity index (χ4n) is 2.04. The van der Waals surface area contributed by atoms with Gasteiger partial charge >= 0.3 is 0 Å². The smallest absolute Gasteiger partial charge is 0.160 e. The summed E-state index contributed by atoms with van der Waals surface area (Å²) in [6.07, 6.45) is 0. The highest BCUT2D eigenvalue weighted by atomic mass is 16.5. The van der Waals surface area contributed by atoms with Gasteiger partial charge in [0.2, 0.25) is 0 Å². The number of ether oxygens (including phenoxy) is 1. The van der Waals surface area contributed by atoms with E-state index in [4.69, 9.17) is 4.74 Å². The molecule has 102 valence electrons. The molecule has 0 fully saturated rings. The van der Waals surface area contributed by atoms with Gasteiger partial charge in [-0.3, -0.25) is 0 Å². The standard InChI is InChI=1S/C17H12N2O2/c1-21-16-8-7-13(9-15(16)20)17(14(10-18)11-19)12-5-3-2-4-6-12/h2-9,20H,1H3. The molecule has 0 bridgehead atoms. The van der Waals surface area contributed by atoms with E-state index in [-0.39, 0.29) is 11.3 Å². The van der Waals surface area contributed by atoms with Gasteiger partial charge in [-0.05, 0) is 23.3 Å². The molecule has 2 rings (SSSR count). The minimum atomic E-state index is -0.0429. The number of aromatic hydroxyl groups is 1. The van der Waals surface area contributed by atoms with E-state index in [1.165, 1.54) is 13.2 Å². The predicted octanol–water partition coefficient (Wildman–Crippen LogP) is 3.25. The van der Waals surface area contributed by atoms with Gasteiger partial charge in [-0.25, -0.2) is 0 Å². The van der Waals surface area contributed by atoms with Crippen LogP contribution in [0.25, 0.3) is 5.57 Å². The van der Waals surface area contributed by atoms with Crippen molar-refractivity contribution in [1.29, 1.82) is 10.5 Å². The lowest BCUT2D eigenvalue weighted by Gasteiger charge is -2.10. The van der Waals surface area contributed by atoms with Crippen LogP contribution in [0.5, 0.6) is 11.5 Å². The molecule has 2 aromatic carbocycles. The molecule has 0 aliphatic heterocycles. The first-order valence-corrected chi connectivity index (χ1v) is 6.18. The predicted molar refractivity (Wildman–Crippen MR) is 78.3 cm³/mol. The third-order valence-corrected chi connectivity index (χ3v) is 3.00. The summed E-state index contributed by atoms with van der Waals surface area (Å²) in [5.74, 6) is 0.292. The van der Waals surface area contributed by atoms with Gasteiger partial charge < -0.3 is 9.84 Å². The summed E-state index contributed by atoms with van der Waals surface area (Å²) in [5.41, 5.74) is 1.79. The highest BCUT2D eigenvalue weighted by molar-refractivity contribution is 5.87. The van der Waals surface area contributed by atoms with Gasteiger partial charge in [-0.15, -0.1) is 0 Å². The molecule has 4 heteroatoms. The second kappa shape index (κ2) is 6.27. The van der Waals surface area contributed by atoms with Crippen LogP contribution in [0.1, 0.15) is 11.1 Å². The van der Waals surface area contributed by atoms with Gasteiger partial charge in [0.1, 0.15) is 17.7 Å².